The molecule has 0 fully saturated rings. The zero-order valence-corrected chi connectivity index (χ0v) is 11.6. The number of carbonyl (C=O) groups excluding carboxylic acids is 1. The van der Waals surface area contributed by atoms with Gasteiger partial charge in [-0.2, -0.15) is 0 Å². The van der Waals surface area contributed by atoms with Crippen LogP contribution in [0.2, 0.25) is 0 Å². The Bertz CT molecular complexity index is 312. The van der Waals surface area contributed by atoms with E-state index in [1.54, 1.807) is 19.1 Å². The van der Waals surface area contributed by atoms with Crippen molar-refractivity contribution >= 4 is 12.6 Å². The van der Waals surface area contributed by atoms with Gasteiger partial charge in [0.05, 0.1) is 0 Å². The summed E-state index contributed by atoms with van der Waals surface area (Å²) >= 11 is 0. The van der Waals surface area contributed by atoms with Gasteiger partial charge in [-0.25, -0.2) is 0 Å². The zero-order chi connectivity index (χ0) is 13.7. The van der Waals surface area contributed by atoms with Gasteiger partial charge in [-0.15, -0.1) is 0 Å². The molecule has 0 atom stereocenters. The summed E-state index contributed by atoms with van der Waals surface area (Å²) in [5.41, 5.74) is 1.33. The second-order valence-electron chi connectivity index (χ2n) is 2.97. The quantitative estimate of drug-likeness (QED) is 0.338. The molecule has 0 aromatic heterocycles. The molecule has 0 bridgehead atoms. The normalized spacial score (nSPS) is 11.8. The summed E-state index contributed by atoms with van der Waals surface area (Å²) in [4.78, 5) is 15.3. The Morgan fingerprint density at radius 3 is 2.35 bits per heavy atom. The van der Waals surface area contributed by atoms with Crippen molar-refractivity contribution in [3.05, 3.63) is 35.6 Å². The van der Waals surface area contributed by atoms with Crippen LogP contribution >= 0.6 is 0 Å². The van der Waals surface area contributed by atoms with Gasteiger partial charge < -0.3 is 5.32 Å². The largest absolute Gasteiger partial charge is 0.349 e. The molecule has 17 heavy (non-hydrogen) atoms. The average molecular weight is 236 g/mol. The summed E-state index contributed by atoms with van der Waals surface area (Å²) in [6.45, 7) is 13.5. The predicted molar refractivity (Wildman–Crippen MR) is 76.2 cm³/mol. The lowest BCUT2D eigenvalue weighted by molar-refractivity contribution is -0.117. The Morgan fingerprint density at radius 2 is 1.94 bits per heavy atom. The first kappa shape index (κ1) is 17.7. The molecule has 0 radical (unpaired) electrons. The van der Waals surface area contributed by atoms with Gasteiger partial charge in [0.15, 0.2) is 0 Å². The van der Waals surface area contributed by atoms with Crippen LogP contribution in [-0.4, -0.2) is 19.2 Å². The van der Waals surface area contributed by atoms with Crippen LogP contribution in [0.4, 0.5) is 0 Å². The smallest absolute Gasteiger partial charge is 0.251 e. The fourth-order valence-corrected chi connectivity index (χ4v) is 0.922. The second kappa shape index (κ2) is 12.4. The van der Waals surface area contributed by atoms with Gasteiger partial charge in [-0.1, -0.05) is 32.1 Å². The van der Waals surface area contributed by atoms with Gasteiger partial charge in [0.25, 0.3) is 5.91 Å². The van der Waals surface area contributed by atoms with Crippen molar-refractivity contribution in [1.82, 2.24) is 5.32 Å². The molecule has 3 heteroatoms. The summed E-state index contributed by atoms with van der Waals surface area (Å²) in [7, 11) is 0. The molecule has 1 amide bonds. The van der Waals surface area contributed by atoms with Gasteiger partial charge in [-0.3, -0.25) is 9.79 Å². The van der Waals surface area contributed by atoms with E-state index in [0.29, 0.717) is 12.1 Å². The van der Waals surface area contributed by atoms with Crippen LogP contribution in [0, 0.1) is 0 Å². The number of aliphatic imine (C=N–C) groups is 1. The van der Waals surface area contributed by atoms with E-state index in [1.165, 1.54) is 0 Å². The van der Waals surface area contributed by atoms with E-state index in [1.807, 2.05) is 39.8 Å². The van der Waals surface area contributed by atoms with E-state index < -0.39 is 0 Å². The number of hydrogen-bond acceptors (Lipinski definition) is 2. The average Bonchev–Trinajstić information content (AvgIpc) is 2.38. The number of nitrogens with zero attached hydrogens (tertiary/aromatic N) is 1. The van der Waals surface area contributed by atoms with Crippen molar-refractivity contribution in [1.29, 1.82) is 0 Å². The molecule has 0 saturated carbocycles. The molecule has 0 rings (SSSR count). The van der Waals surface area contributed by atoms with Gasteiger partial charge in [0, 0.05) is 17.8 Å². The molecule has 96 valence electrons. The molecule has 0 aliphatic carbocycles. The van der Waals surface area contributed by atoms with E-state index >= 15 is 0 Å². The fraction of sp³-hybridized carbons (Fsp3) is 0.429. The standard InChI is InChI=1S/C12H18N2O.C2H6/c1-5-7-8-14-12(15)11(6-2)9-10(3)13-4;1-2/h5-7,9H,4,8H2,1-3H3,(H,14,15);1-2H3/b7-5+,10-9-,11-6+;. The topological polar surface area (TPSA) is 41.5 Å². The maximum Gasteiger partial charge on any atom is 0.251 e. The van der Waals surface area contributed by atoms with Crippen molar-refractivity contribution in [2.75, 3.05) is 6.54 Å². The van der Waals surface area contributed by atoms with E-state index in [4.69, 9.17) is 0 Å². The molecule has 3 nitrogen and oxygen atoms in total. The van der Waals surface area contributed by atoms with Crippen molar-refractivity contribution in [2.24, 2.45) is 4.99 Å². The Labute approximate surface area is 105 Å². The molecule has 0 saturated heterocycles. The van der Waals surface area contributed by atoms with Crippen molar-refractivity contribution in [3.8, 4) is 0 Å². The van der Waals surface area contributed by atoms with Crippen LogP contribution in [0.3, 0.4) is 0 Å². The van der Waals surface area contributed by atoms with Crippen molar-refractivity contribution in [3.63, 3.8) is 0 Å². The zero-order valence-electron chi connectivity index (χ0n) is 11.6. The van der Waals surface area contributed by atoms with Crippen molar-refractivity contribution < 1.29 is 4.79 Å². The minimum atomic E-state index is -0.0985. The lowest BCUT2D eigenvalue weighted by Crippen LogP contribution is -2.24. The lowest BCUT2D eigenvalue weighted by Gasteiger charge is -2.03. The number of carbonyl (C=O) groups is 1. The van der Waals surface area contributed by atoms with Crippen LogP contribution in [-0.2, 0) is 4.79 Å². The minimum absolute atomic E-state index is 0.0985. The van der Waals surface area contributed by atoms with Crippen molar-refractivity contribution in [2.45, 2.75) is 34.6 Å². The first-order valence-electron chi connectivity index (χ1n) is 5.86. The Balaban J connectivity index is 0. The SMILES string of the molecule is C=N/C(C)=C\C(=C/C)C(=O)NC/C=C/C.CC. The van der Waals surface area contributed by atoms with E-state index in [-0.39, 0.29) is 5.91 Å². The van der Waals surface area contributed by atoms with Crippen LogP contribution < -0.4 is 5.32 Å². The molecular weight excluding hydrogens is 212 g/mol. The Kier molecular flexibility index (Phi) is 13.0. The molecule has 0 aliphatic heterocycles. The molecule has 0 aromatic carbocycles. The molecule has 0 unspecified atom stereocenters. The monoisotopic (exact) mass is 236 g/mol. The number of nitrogens with one attached hydrogen (secondary N) is 1. The highest BCUT2D eigenvalue weighted by Crippen LogP contribution is 2.03. The third-order valence-electron chi connectivity index (χ3n) is 1.80. The molecule has 0 aromatic rings. The van der Waals surface area contributed by atoms with Gasteiger partial charge in [-0.05, 0) is 33.6 Å². The third-order valence-corrected chi connectivity index (χ3v) is 1.80. The number of rotatable bonds is 5. The predicted octanol–water partition coefficient (Wildman–Crippen LogP) is 3.26. The Hall–Kier alpha value is -1.64. The molecular formula is C14H24N2O. The highest BCUT2D eigenvalue weighted by Gasteiger charge is 2.03. The van der Waals surface area contributed by atoms with Crippen LogP contribution in [0.25, 0.3) is 0 Å². The number of hydrogen-bond donors (Lipinski definition) is 1. The van der Waals surface area contributed by atoms with Gasteiger partial charge >= 0.3 is 0 Å². The fourth-order valence-electron chi connectivity index (χ4n) is 0.922. The van der Waals surface area contributed by atoms with Crippen LogP contribution in [0.15, 0.2) is 40.6 Å². The summed E-state index contributed by atoms with van der Waals surface area (Å²) in [5.74, 6) is -0.0985. The summed E-state index contributed by atoms with van der Waals surface area (Å²) in [6, 6.07) is 0. The first-order valence-corrected chi connectivity index (χ1v) is 5.86. The maximum absolute atomic E-state index is 11.6. The molecule has 0 aliphatic rings. The summed E-state index contributed by atoms with van der Waals surface area (Å²) in [6.07, 6.45) is 7.23. The number of amides is 1. The second-order valence-corrected chi connectivity index (χ2v) is 2.97. The van der Waals surface area contributed by atoms with Gasteiger partial charge in [0.1, 0.15) is 0 Å². The van der Waals surface area contributed by atoms with E-state index in [9.17, 15) is 4.79 Å². The molecule has 0 spiro atoms. The third kappa shape index (κ3) is 9.30. The lowest BCUT2D eigenvalue weighted by atomic mass is 10.2. The van der Waals surface area contributed by atoms with E-state index in [2.05, 4.69) is 17.0 Å². The maximum atomic E-state index is 11.6. The Morgan fingerprint density at radius 1 is 1.35 bits per heavy atom. The van der Waals surface area contributed by atoms with Crippen LogP contribution in [0.1, 0.15) is 34.6 Å². The highest BCUT2D eigenvalue weighted by molar-refractivity contribution is 5.96. The summed E-state index contributed by atoms with van der Waals surface area (Å²) in [5, 5.41) is 2.76. The first-order chi connectivity index (χ1) is 8.15. The van der Waals surface area contributed by atoms with Crippen LogP contribution in [0.5, 0.6) is 0 Å². The number of allylic oxidation sites excluding steroid dienone is 3. The van der Waals surface area contributed by atoms with Gasteiger partial charge in [0.2, 0.25) is 0 Å². The minimum Gasteiger partial charge on any atom is -0.349 e. The van der Waals surface area contributed by atoms with E-state index in [0.717, 1.165) is 5.70 Å². The molecule has 1 N–H and O–H groups in total. The highest BCUT2D eigenvalue weighted by atomic mass is 16.1. The molecule has 0 heterocycles. The summed E-state index contributed by atoms with van der Waals surface area (Å²) < 4.78 is 0.